The van der Waals surface area contributed by atoms with E-state index in [2.05, 4.69) is 81.8 Å². The fourth-order valence-electron chi connectivity index (χ4n) is 3.71. The maximum Gasteiger partial charge on any atom is 0.135 e. The first-order valence-corrected chi connectivity index (χ1v) is 10.3. The minimum Gasteiger partial charge on any atom is -0.365 e. The minimum absolute atomic E-state index is 0.699. The molecule has 0 saturated heterocycles. The molecule has 150 valence electrons. The Morgan fingerprint density at radius 3 is 2.42 bits per heavy atom. The van der Waals surface area contributed by atoms with Gasteiger partial charge in [-0.25, -0.2) is 4.98 Å². The smallest absolute Gasteiger partial charge is 0.135 e. The SMILES string of the molecule is Cc1cccc(-c2ccc(CNc3nccc4cc(-c5cccnc5)ncc34)cc2)c1. The van der Waals surface area contributed by atoms with Crippen molar-refractivity contribution in [1.29, 1.82) is 0 Å². The zero-order valence-electron chi connectivity index (χ0n) is 17.3. The van der Waals surface area contributed by atoms with Crippen LogP contribution >= 0.6 is 0 Å². The summed E-state index contributed by atoms with van der Waals surface area (Å²) in [5.74, 6) is 0.838. The van der Waals surface area contributed by atoms with Gasteiger partial charge in [0.05, 0.1) is 5.69 Å². The van der Waals surface area contributed by atoms with Gasteiger partial charge in [0.15, 0.2) is 0 Å². The van der Waals surface area contributed by atoms with Crippen LogP contribution in [0, 0.1) is 6.92 Å². The Hall–Kier alpha value is -4.05. The van der Waals surface area contributed by atoms with Gasteiger partial charge in [0.25, 0.3) is 0 Å². The molecule has 0 bridgehead atoms. The Morgan fingerprint density at radius 1 is 0.742 bits per heavy atom. The number of rotatable bonds is 5. The second-order valence-corrected chi connectivity index (χ2v) is 7.61. The third kappa shape index (κ3) is 4.14. The van der Waals surface area contributed by atoms with Gasteiger partial charge >= 0.3 is 0 Å². The molecule has 0 spiro atoms. The van der Waals surface area contributed by atoms with Crippen molar-refractivity contribution in [2.75, 3.05) is 5.32 Å². The molecule has 5 aromatic rings. The van der Waals surface area contributed by atoms with Gasteiger partial charge in [0.1, 0.15) is 5.82 Å². The van der Waals surface area contributed by atoms with E-state index in [1.165, 1.54) is 22.3 Å². The molecule has 0 unspecified atom stereocenters. The second-order valence-electron chi connectivity index (χ2n) is 7.61. The molecule has 1 N–H and O–H groups in total. The van der Waals surface area contributed by atoms with Crippen molar-refractivity contribution in [2.24, 2.45) is 0 Å². The van der Waals surface area contributed by atoms with E-state index in [1.807, 2.05) is 36.8 Å². The van der Waals surface area contributed by atoms with Crippen LogP contribution in [0.25, 0.3) is 33.2 Å². The molecule has 0 aliphatic carbocycles. The van der Waals surface area contributed by atoms with Crippen molar-refractivity contribution in [2.45, 2.75) is 13.5 Å². The molecule has 3 heterocycles. The molecule has 0 fully saturated rings. The van der Waals surface area contributed by atoms with Crippen LogP contribution in [0.2, 0.25) is 0 Å². The van der Waals surface area contributed by atoms with Crippen LogP contribution in [0.5, 0.6) is 0 Å². The Kier molecular flexibility index (Phi) is 5.11. The minimum atomic E-state index is 0.699. The molecule has 0 amide bonds. The molecule has 3 aromatic heterocycles. The van der Waals surface area contributed by atoms with E-state index in [4.69, 9.17) is 0 Å². The quantitative estimate of drug-likeness (QED) is 0.376. The van der Waals surface area contributed by atoms with Crippen LogP contribution in [-0.2, 0) is 6.54 Å². The number of anilines is 1. The molecule has 31 heavy (non-hydrogen) atoms. The number of pyridine rings is 3. The normalized spacial score (nSPS) is 10.9. The molecular formula is C27H22N4. The van der Waals surface area contributed by atoms with E-state index in [0.29, 0.717) is 6.54 Å². The van der Waals surface area contributed by atoms with Crippen molar-refractivity contribution in [3.8, 4) is 22.4 Å². The lowest BCUT2D eigenvalue weighted by atomic mass is 10.0. The van der Waals surface area contributed by atoms with Crippen LogP contribution in [0.1, 0.15) is 11.1 Å². The highest BCUT2D eigenvalue weighted by Gasteiger charge is 2.06. The van der Waals surface area contributed by atoms with Gasteiger partial charge in [0.2, 0.25) is 0 Å². The zero-order valence-corrected chi connectivity index (χ0v) is 17.3. The van der Waals surface area contributed by atoms with Gasteiger partial charge < -0.3 is 5.32 Å². The molecule has 0 aliphatic heterocycles. The number of hydrogen-bond donors (Lipinski definition) is 1. The first-order valence-electron chi connectivity index (χ1n) is 10.3. The fourth-order valence-corrected chi connectivity index (χ4v) is 3.71. The predicted octanol–water partition coefficient (Wildman–Crippen LogP) is 6.28. The predicted molar refractivity (Wildman–Crippen MR) is 127 cm³/mol. The van der Waals surface area contributed by atoms with Gasteiger partial charge in [-0.1, -0.05) is 54.1 Å². The monoisotopic (exact) mass is 402 g/mol. The number of hydrogen-bond acceptors (Lipinski definition) is 4. The van der Waals surface area contributed by atoms with E-state index in [-0.39, 0.29) is 0 Å². The van der Waals surface area contributed by atoms with E-state index in [1.54, 1.807) is 6.20 Å². The highest BCUT2D eigenvalue weighted by molar-refractivity contribution is 5.93. The largest absolute Gasteiger partial charge is 0.365 e. The number of benzene rings is 2. The van der Waals surface area contributed by atoms with E-state index >= 15 is 0 Å². The van der Waals surface area contributed by atoms with Crippen molar-refractivity contribution < 1.29 is 0 Å². The van der Waals surface area contributed by atoms with E-state index in [9.17, 15) is 0 Å². The van der Waals surface area contributed by atoms with Gasteiger partial charge in [0, 0.05) is 42.3 Å². The third-order valence-corrected chi connectivity index (χ3v) is 5.37. The number of nitrogens with zero attached hydrogens (tertiary/aromatic N) is 3. The molecule has 4 heteroatoms. The average molecular weight is 403 g/mol. The molecule has 0 saturated carbocycles. The molecule has 0 aliphatic rings. The summed E-state index contributed by atoms with van der Waals surface area (Å²) in [6, 6.07) is 25.3. The maximum absolute atomic E-state index is 4.63. The van der Waals surface area contributed by atoms with Crippen molar-refractivity contribution in [3.05, 3.63) is 109 Å². The van der Waals surface area contributed by atoms with Crippen molar-refractivity contribution in [1.82, 2.24) is 15.0 Å². The second kappa shape index (κ2) is 8.36. The van der Waals surface area contributed by atoms with Gasteiger partial charge in [-0.2, -0.15) is 0 Å². The lowest BCUT2D eigenvalue weighted by Gasteiger charge is -2.10. The first-order chi connectivity index (χ1) is 15.3. The topological polar surface area (TPSA) is 50.7 Å². The lowest BCUT2D eigenvalue weighted by Crippen LogP contribution is -2.02. The summed E-state index contributed by atoms with van der Waals surface area (Å²) in [6.45, 7) is 2.82. The molecule has 0 atom stereocenters. The summed E-state index contributed by atoms with van der Waals surface area (Å²) in [7, 11) is 0. The van der Waals surface area contributed by atoms with Gasteiger partial charge in [-0.3, -0.25) is 9.97 Å². The summed E-state index contributed by atoms with van der Waals surface area (Å²) in [5, 5.41) is 5.57. The van der Waals surface area contributed by atoms with Crippen LogP contribution in [0.3, 0.4) is 0 Å². The average Bonchev–Trinajstić information content (AvgIpc) is 2.83. The highest BCUT2D eigenvalue weighted by Crippen LogP contribution is 2.26. The Balaban J connectivity index is 1.35. The highest BCUT2D eigenvalue weighted by atomic mass is 15.0. The third-order valence-electron chi connectivity index (χ3n) is 5.37. The number of aryl methyl sites for hydroxylation is 1. The Labute approximate surface area is 181 Å². The van der Waals surface area contributed by atoms with Crippen LogP contribution in [-0.4, -0.2) is 15.0 Å². The number of aromatic nitrogens is 3. The molecular weight excluding hydrogens is 380 g/mol. The van der Waals surface area contributed by atoms with Crippen LogP contribution < -0.4 is 5.32 Å². The van der Waals surface area contributed by atoms with Crippen molar-refractivity contribution >= 4 is 16.6 Å². The fraction of sp³-hybridized carbons (Fsp3) is 0.0741. The molecule has 4 nitrogen and oxygen atoms in total. The van der Waals surface area contributed by atoms with E-state index < -0.39 is 0 Å². The summed E-state index contributed by atoms with van der Waals surface area (Å²) >= 11 is 0. The van der Waals surface area contributed by atoms with Crippen molar-refractivity contribution in [3.63, 3.8) is 0 Å². The van der Waals surface area contributed by atoms with Crippen LogP contribution in [0.4, 0.5) is 5.82 Å². The maximum atomic E-state index is 4.63. The summed E-state index contributed by atoms with van der Waals surface area (Å²) in [6.07, 6.45) is 7.31. The summed E-state index contributed by atoms with van der Waals surface area (Å²) in [4.78, 5) is 13.3. The van der Waals surface area contributed by atoms with Crippen LogP contribution in [0.15, 0.2) is 97.6 Å². The summed E-state index contributed by atoms with van der Waals surface area (Å²) < 4.78 is 0. The first kappa shape index (κ1) is 18.9. The Morgan fingerprint density at radius 2 is 1.61 bits per heavy atom. The van der Waals surface area contributed by atoms with Gasteiger partial charge in [-0.15, -0.1) is 0 Å². The Bertz CT molecular complexity index is 1330. The molecule has 5 rings (SSSR count). The summed E-state index contributed by atoms with van der Waals surface area (Å²) in [5.41, 5.74) is 6.85. The van der Waals surface area contributed by atoms with Gasteiger partial charge in [-0.05, 0) is 53.3 Å². The number of fused-ring (bicyclic) bond motifs is 1. The zero-order chi connectivity index (χ0) is 21.0. The van der Waals surface area contributed by atoms with E-state index in [0.717, 1.165) is 27.8 Å². The standard InChI is InChI=1S/C27H22N4/c1-19-4-2-5-22(14-19)21-9-7-20(8-10-21)16-31-27-25-18-30-26(15-23(25)11-13-29-27)24-6-3-12-28-17-24/h2-15,17-18H,16H2,1H3,(H,29,31). The molecule has 0 radical (unpaired) electrons. The molecule has 2 aromatic carbocycles. The number of nitrogens with one attached hydrogen (secondary N) is 1. The lowest BCUT2D eigenvalue weighted by molar-refractivity contribution is 1.12.